The van der Waals surface area contributed by atoms with Crippen molar-refractivity contribution in [2.75, 3.05) is 13.2 Å². The Hall–Kier alpha value is -2.34. The lowest BCUT2D eigenvalue weighted by Gasteiger charge is -2.34. The molecule has 0 radical (unpaired) electrons. The van der Waals surface area contributed by atoms with Gasteiger partial charge in [0.25, 0.3) is 0 Å². The molecule has 4 rings (SSSR count). The molecule has 6 heteroatoms. The number of carbonyl (C=O) groups excluding carboxylic acids is 2. The molecule has 1 heterocycles. The van der Waals surface area contributed by atoms with E-state index in [0.717, 1.165) is 39.0 Å². The number of rotatable bonds is 4. The van der Waals surface area contributed by atoms with Crippen LogP contribution in [0, 0.1) is 5.92 Å². The van der Waals surface area contributed by atoms with Crippen LogP contribution in [0.1, 0.15) is 43.1 Å². The van der Waals surface area contributed by atoms with Crippen molar-refractivity contribution in [2.45, 2.75) is 32.6 Å². The van der Waals surface area contributed by atoms with Gasteiger partial charge in [-0.25, -0.2) is 0 Å². The van der Waals surface area contributed by atoms with E-state index in [1.54, 1.807) is 0 Å². The number of fused-ring (bicyclic) bond motifs is 3. The van der Waals surface area contributed by atoms with Crippen molar-refractivity contribution in [1.82, 2.24) is 10.6 Å². The fraction of sp³-hybridized carbons (Fsp3) is 0.364. The van der Waals surface area contributed by atoms with Gasteiger partial charge in [0.2, 0.25) is 5.91 Å². The fourth-order valence-electron chi connectivity index (χ4n) is 4.22. The largest absolute Gasteiger partial charge is 0.492 e. The Morgan fingerprint density at radius 3 is 2.93 bits per heavy atom. The second kappa shape index (κ2) is 6.92. The minimum atomic E-state index is -0.333. The van der Waals surface area contributed by atoms with Crippen LogP contribution in [0.15, 0.2) is 51.8 Å². The fourth-order valence-corrected chi connectivity index (χ4v) is 4.65. The number of hydrogen-bond donors (Lipinski definition) is 2. The summed E-state index contributed by atoms with van der Waals surface area (Å²) in [4.78, 5) is 24.3. The standard InChI is InChI=1S/C22H23BrN2O3/c1-12(26)24-8-9-28-14-5-7-15-17(11-14)22(2,3)21-19(20(15)27)16-6-4-13(23)10-18(16)25-21/h4-5,7,10-11,16,25H,6,8-9H2,1-3H3,(H,24,26). The first-order valence-corrected chi connectivity index (χ1v) is 10.2. The number of carbonyl (C=O) groups is 2. The molecule has 5 nitrogen and oxygen atoms in total. The molecule has 0 spiro atoms. The minimum Gasteiger partial charge on any atom is -0.492 e. The number of amides is 1. The number of benzene rings is 1. The number of nitrogens with one attached hydrogen (secondary N) is 2. The number of hydrogen-bond acceptors (Lipinski definition) is 4. The number of allylic oxidation sites excluding steroid dienone is 5. The van der Waals surface area contributed by atoms with Crippen LogP contribution in [0.3, 0.4) is 0 Å². The highest BCUT2D eigenvalue weighted by Gasteiger charge is 2.46. The third-order valence-electron chi connectivity index (χ3n) is 5.63. The number of ketones is 1. The van der Waals surface area contributed by atoms with E-state index in [0.29, 0.717) is 18.9 Å². The van der Waals surface area contributed by atoms with Crippen molar-refractivity contribution >= 4 is 27.6 Å². The van der Waals surface area contributed by atoms with Crippen LogP contribution in [-0.4, -0.2) is 24.8 Å². The highest BCUT2D eigenvalue weighted by Crippen LogP contribution is 2.49. The van der Waals surface area contributed by atoms with Crippen LogP contribution in [0.4, 0.5) is 0 Å². The first-order chi connectivity index (χ1) is 13.3. The van der Waals surface area contributed by atoms with E-state index in [4.69, 9.17) is 4.74 Å². The number of ether oxygens (including phenoxy) is 1. The summed E-state index contributed by atoms with van der Waals surface area (Å²) in [6.07, 6.45) is 5.00. The topological polar surface area (TPSA) is 67.4 Å². The molecule has 0 aromatic heterocycles. The van der Waals surface area contributed by atoms with Crippen LogP contribution in [0.25, 0.3) is 0 Å². The SMILES string of the molecule is CC(=O)NCCOc1ccc2c(c1)C(C)(C)C1=C(C2=O)C2CC=C(Br)C=C2N1. The molecule has 3 aliphatic rings. The zero-order valence-electron chi connectivity index (χ0n) is 16.2. The van der Waals surface area contributed by atoms with Gasteiger partial charge in [0.1, 0.15) is 12.4 Å². The Labute approximate surface area is 173 Å². The molecule has 0 saturated carbocycles. The summed E-state index contributed by atoms with van der Waals surface area (Å²) in [6, 6.07) is 5.66. The summed E-state index contributed by atoms with van der Waals surface area (Å²) in [5.74, 6) is 0.823. The van der Waals surface area contributed by atoms with Crippen LogP contribution in [0.2, 0.25) is 0 Å². The van der Waals surface area contributed by atoms with E-state index in [9.17, 15) is 9.59 Å². The highest BCUT2D eigenvalue weighted by molar-refractivity contribution is 9.11. The van der Waals surface area contributed by atoms with Crippen LogP contribution >= 0.6 is 15.9 Å². The summed E-state index contributed by atoms with van der Waals surface area (Å²) < 4.78 is 6.83. The zero-order chi connectivity index (χ0) is 20.1. The highest BCUT2D eigenvalue weighted by atomic mass is 79.9. The van der Waals surface area contributed by atoms with Gasteiger partial charge in [-0.15, -0.1) is 0 Å². The van der Waals surface area contributed by atoms with Gasteiger partial charge in [-0.3, -0.25) is 9.59 Å². The van der Waals surface area contributed by atoms with Gasteiger partial charge in [0, 0.05) is 45.3 Å². The third-order valence-corrected chi connectivity index (χ3v) is 6.18. The average Bonchev–Trinajstić information content (AvgIpc) is 3.03. The zero-order valence-corrected chi connectivity index (χ0v) is 17.8. The maximum absolute atomic E-state index is 13.3. The molecular formula is C22H23BrN2O3. The van der Waals surface area contributed by atoms with Crippen molar-refractivity contribution in [3.63, 3.8) is 0 Å². The molecule has 0 bridgehead atoms. The summed E-state index contributed by atoms with van der Waals surface area (Å²) in [5, 5.41) is 6.25. The smallest absolute Gasteiger partial charge is 0.216 e. The predicted molar refractivity (Wildman–Crippen MR) is 111 cm³/mol. The lowest BCUT2D eigenvalue weighted by Crippen LogP contribution is -2.34. The predicted octanol–water partition coefficient (Wildman–Crippen LogP) is 3.72. The van der Waals surface area contributed by atoms with Crippen molar-refractivity contribution < 1.29 is 14.3 Å². The average molecular weight is 443 g/mol. The normalized spacial score (nSPS) is 21.7. The molecule has 1 aromatic rings. The van der Waals surface area contributed by atoms with Gasteiger partial charge < -0.3 is 15.4 Å². The Kier molecular flexibility index (Phi) is 4.70. The second-order valence-corrected chi connectivity index (χ2v) is 8.80. The molecule has 0 saturated heterocycles. The van der Waals surface area contributed by atoms with Gasteiger partial charge in [0.15, 0.2) is 5.78 Å². The summed E-state index contributed by atoms with van der Waals surface area (Å²) >= 11 is 3.54. The first kappa shape index (κ1) is 19.0. The summed E-state index contributed by atoms with van der Waals surface area (Å²) in [7, 11) is 0. The molecule has 1 atom stereocenters. The number of Topliss-reactive ketones (excluding diaryl/α,β-unsaturated/α-hetero) is 1. The molecule has 1 amide bonds. The molecule has 2 aliphatic carbocycles. The molecule has 1 unspecified atom stereocenters. The van der Waals surface area contributed by atoms with Crippen molar-refractivity contribution in [1.29, 1.82) is 0 Å². The Bertz CT molecular complexity index is 972. The first-order valence-electron chi connectivity index (χ1n) is 9.44. The quantitative estimate of drug-likeness (QED) is 0.697. The van der Waals surface area contributed by atoms with Crippen LogP contribution < -0.4 is 15.4 Å². The molecule has 28 heavy (non-hydrogen) atoms. The Morgan fingerprint density at radius 1 is 1.39 bits per heavy atom. The Morgan fingerprint density at radius 2 is 2.18 bits per heavy atom. The molecular weight excluding hydrogens is 420 g/mol. The second-order valence-electron chi connectivity index (χ2n) is 7.88. The number of halogens is 1. The van der Waals surface area contributed by atoms with Gasteiger partial charge in [0.05, 0.1) is 6.54 Å². The molecule has 146 valence electrons. The minimum absolute atomic E-state index is 0.0792. The van der Waals surface area contributed by atoms with Gasteiger partial charge in [-0.1, -0.05) is 35.9 Å². The van der Waals surface area contributed by atoms with Crippen LogP contribution in [-0.2, 0) is 10.2 Å². The van der Waals surface area contributed by atoms with Gasteiger partial charge in [-0.05, 0) is 36.3 Å². The third kappa shape index (κ3) is 3.09. The summed E-state index contributed by atoms with van der Waals surface area (Å²) in [6.45, 7) is 6.59. The molecule has 2 N–H and O–H groups in total. The Balaban J connectivity index is 1.64. The van der Waals surface area contributed by atoms with Gasteiger partial charge in [-0.2, -0.15) is 0 Å². The van der Waals surface area contributed by atoms with Crippen molar-refractivity contribution in [2.24, 2.45) is 5.92 Å². The molecule has 1 aliphatic heterocycles. The van der Waals surface area contributed by atoms with E-state index in [2.05, 4.69) is 52.6 Å². The maximum Gasteiger partial charge on any atom is 0.216 e. The van der Waals surface area contributed by atoms with Crippen LogP contribution in [0.5, 0.6) is 5.75 Å². The van der Waals surface area contributed by atoms with Gasteiger partial charge >= 0.3 is 0 Å². The van der Waals surface area contributed by atoms with Crippen molar-refractivity contribution in [3.05, 3.63) is 62.9 Å². The van der Waals surface area contributed by atoms with E-state index in [1.807, 2.05) is 18.2 Å². The van der Waals surface area contributed by atoms with E-state index >= 15 is 0 Å². The van der Waals surface area contributed by atoms with E-state index in [-0.39, 0.29) is 23.0 Å². The van der Waals surface area contributed by atoms with Crippen molar-refractivity contribution in [3.8, 4) is 5.75 Å². The lowest BCUT2D eigenvalue weighted by atomic mass is 9.70. The lowest BCUT2D eigenvalue weighted by molar-refractivity contribution is -0.119. The summed E-state index contributed by atoms with van der Waals surface area (Å²) in [5.41, 5.74) is 4.34. The molecule has 0 fully saturated rings. The molecule has 1 aromatic carbocycles. The van der Waals surface area contributed by atoms with E-state index in [1.165, 1.54) is 6.92 Å². The maximum atomic E-state index is 13.3. The monoisotopic (exact) mass is 442 g/mol. The van der Waals surface area contributed by atoms with E-state index < -0.39 is 0 Å².